The molecule has 2 fully saturated rings. The number of rotatable bonds is 17. The number of aromatic nitrogens is 2. The monoisotopic (exact) mass is 1010 g/mol. The van der Waals surface area contributed by atoms with E-state index in [0.717, 1.165) is 68.8 Å². The van der Waals surface area contributed by atoms with E-state index >= 15 is 0 Å². The van der Waals surface area contributed by atoms with E-state index in [0.29, 0.717) is 86.9 Å². The molecule has 68 heavy (non-hydrogen) atoms. The largest absolute Gasteiger partial charge is 0.501 e. The molecule has 3 N–H and O–H groups in total. The van der Waals surface area contributed by atoms with Gasteiger partial charge in [-0.25, -0.2) is 26.8 Å². The average Bonchev–Trinajstić information content (AvgIpc) is 3.33. The second kappa shape index (κ2) is 21.5. The molecule has 3 aliphatic heterocycles. The number of likely N-dealkylation sites (tertiary alicyclic amines) is 1. The minimum absolute atomic E-state index is 0.00202. The molecule has 13 nitrogen and oxygen atoms in total. The molecule has 0 radical (unpaired) electrons. The van der Waals surface area contributed by atoms with E-state index in [1.54, 1.807) is 6.21 Å². The molecule has 2 saturated heterocycles. The zero-order valence-corrected chi connectivity index (χ0v) is 41.2. The third-order valence-corrected chi connectivity index (χ3v) is 17.9. The van der Waals surface area contributed by atoms with E-state index in [9.17, 15) is 30.0 Å². The molecule has 0 amide bonds. The van der Waals surface area contributed by atoms with Gasteiger partial charge in [-0.1, -0.05) is 54.4 Å². The molecular formula is C48H58ClF3N8O5S3. The summed E-state index contributed by atoms with van der Waals surface area (Å²) >= 11 is 7.69. The molecule has 4 heterocycles. The number of halogens is 4. The van der Waals surface area contributed by atoms with E-state index in [4.69, 9.17) is 21.7 Å². The van der Waals surface area contributed by atoms with Gasteiger partial charge in [-0.2, -0.15) is 13.2 Å². The highest BCUT2D eigenvalue weighted by Crippen LogP contribution is 2.43. The van der Waals surface area contributed by atoms with Crippen LogP contribution in [0.1, 0.15) is 62.3 Å². The molecule has 1 aliphatic carbocycles. The average molecular weight is 1020 g/mol. The molecule has 4 aromatic rings. The lowest BCUT2D eigenvalue weighted by Crippen LogP contribution is -2.47. The number of sulfone groups is 1. The smallest absolute Gasteiger partial charge is 0.380 e. The van der Waals surface area contributed by atoms with Gasteiger partial charge in [-0.3, -0.25) is 19.4 Å². The summed E-state index contributed by atoms with van der Waals surface area (Å²) in [6.07, 6.45) is 8.29. The quantitative estimate of drug-likeness (QED) is 0.0684. The van der Waals surface area contributed by atoms with Crippen molar-refractivity contribution in [2.75, 3.05) is 74.8 Å². The third-order valence-electron chi connectivity index (χ3n) is 13.6. The molecule has 20 heteroatoms. The summed E-state index contributed by atoms with van der Waals surface area (Å²) < 4.78 is 105. The minimum Gasteiger partial charge on any atom is -0.380 e. The Balaban J connectivity index is 0.953. The van der Waals surface area contributed by atoms with Crippen molar-refractivity contribution in [2.24, 2.45) is 5.41 Å². The molecule has 3 aromatic carbocycles. The van der Waals surface area contributed by atoms with Crippen LogP contribution in [0.5, 0.6) is 0 Å². The Kier molecular flexibility index (Phi) is 15.9. The first-order valence-corrected chi connectivity index (χ1v) is 27.3. The van der Waals surface area contributed by atoms with E-state index in [1.807, 2.05) is 42.5 Å². The van der Waals surface area contributed by atoms with Crippen molar-refractivity contribution in [3.05, 3.63) is 107 Å². The van der Waals surface area contributed by atoms with Crippen LogP contribution < -0.4 is 10.0 Å². The number of hydrogen-bond donors (Lipinski definition) is 3. The fourth-order valence-corrected chi connectivity index (χ4v) is 12.9. The van der Waals surface area contributed by atoms with Crippen LogP contribution in [0.4, 0.5) is 24.7 Å². The Bertz CT molecular complexity index is 2670. The lowest BCUT2D eigenvalue weighted by molar-refractivity contribution is -0.0435. The summed E-state index contributed by atoms with van der Waals surface area (Å²) in [6, 6.07) is 20.1. The number of hydrogen-bond acceptors (Lipinski definition) is 13. The van der Waals surface area contributed by atoms with Gasteiger partial charge in [0.2, 0.25) is 0 Å². The van der Waals surface area contributed by atoms with Gasteiger partial charge in [0.15, 0.2) is 0 Å². The molecule has 4 aliphatic rings. The van der Waals surface area contributed by atoms with E-state index in [1.165, 1.54) is 34.8 Å². The topological polar surface area (TPSA) is 161 Å². The summed E-state index contributed by atoms with van der Waals surface area (Å²) in [6.45, 7) is 8.96. The van der Waals surface area contributed by atoms with Crippen LogP contribution in [-0.4, -0.2) is 130 Å². The maximum Gasteiger partial charge on any atom is 0.501 e. The van der Waals surface area contributed by atoms with Crippen molar-refractivity contribution in [2.45, 2.75) is 90.7 Å². The molecule has 0 bridgehead atoms. The second-order valence-corrected chi connectivity index (χ2v) is 23.5. The van der Waals surface area contributed by atoms with Crippen LogP contribution in [0.3, 0.4) is 0 Å². The summed E-state index contributed by atoms with van der Waals surface area (Å²) in [7, 11) is -10.7. The number of anilines is 2. The molecule has 1 aromatic heterocycles. The summed E-state index contributed by atoms with van der Waals surface area (Å²) in [5.74, 6) is 0.399. The lowest BCUT2D eigenvalue weighted by Gasteiger charge is -2.42. The van der Waals surface area contributed by atoms with Crippen LogP contribution in [0.2, 0.25) is 5.02 Å². The molecule has 8 rings (SSSR count). The minimum atomic E-state index is -6.01. The van der Waals surface area contributed by atoms with Crippen molar-refractivity contribution < 1.29 is 34.7 Å². The number of allylic oxidation sites excluding steroid dienone is 1. The van der Waals surface area contributed by atoms with Crippen LogP contribution in [-0.2, 0) is 37.6 Å². The number of sulfonamides is 1. The molecule has 366 valence electrons. The number of fused-ring (bicyclic) bond motifs is 1. The first-order valence-electron chi connectivity index (χ1n) is 23.0. The predicted octanol–water partition coefficient (Wildman–Crippen LogP) is 8.64. The first kappa shape index (κ1) is 50.3. The van der Waals surface area contributed by atoms with Gasteiger partial charge in [-0.15, -0.1) is 11.8 Å². The van der Waals surface area contributed by atoms with E-state index in [2.05, 4.69) is 53.8 Å². The van der Waals surface area contributed by atoms with Crippen LogP contribution >= 0.6 is 23.4 Å². The summed E-state index contributed by atoms with van der Waals surface area (Å²) in [5.41, 5.74) is -1.10. The van der Waals surface area contributed by atoms with Gasteiger partial charge >= 0.3 is 5.51 Å². The van der Waals surface area contributed by atoms with Gasteiger partial charge in [0.05, 0.1) is 29.5 Å². The van der Waals surface area contributed by atoms with Gasteiger partial charge in [0.25, 0.3) is 19.9 Å². The van der Waals surface area contributed by atoms with Crippen molar-refractivity contribution in [3.63, 3.8) is 0 Å². The Morgan fingerprint density at radius 2 is 1.69 bits per heavy atom. The predicted molar refractivity (Wildman–Crippen MR) is 262 cm³/mol. The number of benzene rings is 3. The Labute approximate surface area is 406 Å². The SMILES string of the molecule is CC1(C=N)CCC(c2ccc(Cl)cc2)=C(CN2CCC(N3CCc4c(ncnc4NS(=O)(=O)c4ccc(N[C@H](CCN5CCOCC5)CSc5ccccc5)c(S(=O)(=O)C(F)(F)F)c4)C3)CC2)C1. The normalized spacial score (nSPS) is 21.0. The fraction of sp³-hybridized carbons (Fsp3) is 0.479. The van der Waals surface area contributed by atoms with Crippen LogP contribution in [0.15, 0.2) is 99.4 Å². The zero-order valence-electron chi connectivity index (χ0n) is 38.0. The lowest BCUT2D eigenvalue weighted by atomic mass is 9.72. The number of nitrogens with one attached hydrogen (secondary N) is 3. The standard InChI is InChI=1S/C48H58ClF3N8O5S3/c1-47(32-53)18-13-41(34-7-9-36(49)10-8-34)35(28-47)29-59-20-15-38(16-21-59)60-22-17-42-44(30-60)54-33-55-46(42)57-68(63,64)40-11-12-43(45(27-40)67(61,62)48(50,51)52)56-37(14-19-58-23-25-65-26-24-58)31-66-39-5-3-2-4-6-39/h2-12,27,32-33,37-38,53,56H,13-26,28-31H2,1H3,(H,54,55,57)/t37-,47?/m1/s1. The zero-order chi connectivity index (χ0) is 48.1. The summed E-state index contributed by atoms with van der Waals surface area (Å²) in [5, 5.41) is 11.9. The molecule has 2 atom stereocenters. The number of alkyl halides is 3. The second-order valence-electron chi connectivity index (χ2n) is 18.4. The van der Waals surface area contributed by atoms with Crippen molar-refractivity contribution >= 4 is 66.5 Å². The Morgan fingerprint density at radius 3 is 2.40 bits per heavy atom. The van der Waals surface area contributed by atoms with Crippen molar-refractivity contribution in [1.29, 1.82) is 5.41 Å². The Hall–Kier alpha value is -4.08. The van der Waals surface area contributed by atoms with E-state index in [-0.39, 0.29) is 23.0 Å². The number of thioether (sulfide) groups is 1. The van der Waals surface area contributed by atoms with Gasteiger partial charge in [0.1, 0.15) is 17.0 Å². The van der Waals surface area contributed by atoms with Crippen LogP contribution in [0, 0.1) is 10.8 Å². The fourth-order valence-electron chi connectivity index (χ4n) is 9.65. The number of nitrogens with zero attached hydrogens (tertiary/aromatic N) is 5. The highest BCUT2D eigenvalue weighted by Gasteiger charge is 2.48. The molecule has 1 unspecified atom stereocenters. The van der Waals surface area contributed by atoms with Gasteiger partial charge in [0, 0.05) is 84.2 Å². The maximum absolute atomic E-state index is 14.3. The highest BCUT2D eigenvalue weighted by atomic mass is 35.5. The number of morpholine rings is 1. The van der Waals surface area contributed by atoms with Gasteiger partial charge in [-0.05, 0) is 112 Å². The third kappa shape index (κ3) is 12.1. The number of ether oxygens (including phenoxy) is 1. The van der Waals surface area contributed by atoms with E-state index < -0.39 is 41.2 Å². The van der Waals surface area contributed by atoms with Gasteiger partial charge < -0.3 is 15.5 Å². The van der Waals surface area contributed by atoms with Crippen molar-refractivity contribution in [3.8, 4) is 0 Å². The molecular weight excluding hydrogens is 957 g/mol. The van der Waals surface area contributed by atoms with Crippen LogP contribution in [0.25, 0.3) is 5.57 Å². The maximum atomic E-state index is 14.3. The summed E-state index contributed by atoms with van der Waals surface area (Å²) in [4.78, 5) is 14.9. The van der Waals surface area contributed by atoms with Crippen molar-refractivity contribution in [1.82, 2.24) is 24.7 Å². The molecule has 0 saturated carbocycles. The Morgan fingerprint density at radius 1 is 0.956 bits per heavy atom. The molecule has 0 spiro atoms. The first-order chi connectivity index (χ1) is 32.5. The highest BCUT2D eigenvalue weighted by molar-refractivity contribution is 7.99. The number of piperidine rings is 1.